The maximum absolute atomic E-state index is 4.45. The van der Waals surface area contributed by atoms with Gasteiger partial charge in [0.25, 0.3) is 0 Å². The molecule has 96 valence electrons. The molecule has 2 heterocycles. The lowest BCUT2D eigenvalue weighted by molar-refractivity contribution is 0.578. The summed E-state index contributed by atoms with van der Waals surface area (Å²) in [5.41, 5.74) is 4.38. The quantitative estimate of drug-likeness (QED) is 0.879. The van der Waals surface area contributed by atoms with E-state index in [1.807, 2.05) is 30.8 Å². The number of rotatable bonds is 5. The zero-order valence-corrected chi connectivity index (χ0v) is 11.3. The summed E-state index contributed by atoms with van der Waals surface area (Å²) in [6, 6.07) is 6.16. The molecule has 0 unspecified atom stereocenters. The third kappa shape index (κ3) is 2.88. The maximum atomic E-state index is 4.45. The minimum Gasteiger partial charge on any atom is -0.378 e. The number of hydrogen-bond acceptors (Lipinski definition) is 3. The smallest absolute Gasteiger partial charge is 0.0607 e. The van der Waals surface area contributed by atoms with Gasteiger partial charge < -0.3 is 5.32 Å². The van der Waals surface area contributed by atoms with E-state index < -0.39 is 0 Å². The number of aryl methyl sites for hydroxylation is 3. The van der Waals surface area contributed by atoms with Crippen molar-refractivity contribution in [2.24, 2.45) is 0 Å². The lowest BCUT2D eigenvalue weighted by Gasteiger charge is -2.11. The summed E-state index contributed by atoms with van der Waals surface area (Å²) < 4.78 is 2.05. The van der Waals surface area contributed by atoms with Gasteiger partial charge in [-0.15, -0.1) is 0 Å². The molecule has 2 aromatic heterocycles. The molecular formula is C14H20N4. The summed E-state index contributed by atoms with van der Waals surface area (Å²) in [6.07, 6.45) is 2.95. The Bertz CT molecular complexity index is 516. The molecule has 0 aliphatic carbocycles. The first-order valence-corrected chi connectivity index (χ1v) is 6.39. The van der Waals surface area contributed by atoms with E-state index in [4.69, 9.17) is 0 Å². The lowest BCUT2D eigenvalue weighted by atomic mass is 10.2. The minimum atomic E-state index is 0.783. The molecule has 0 aromatic carbocycles. The molecule has 0 aliphatic rings. The van der Waals surface area contributed by atoms with Gasteiger partial charge in [0.1, 0.15) is 0 Å². The Balaban J connectivity index is 2.04. The van der Waals surface area contributed by atoms with Crippen LogP contribution in [-0.4, -0.2) is 14.8 Å². The average Bonchev–Trinajstić information content (AvgIpc) is 2.76. The van der Waals surface area contributed by atoms with Gasteiger partial charge in [0.15, 0.2) is 0 Å². The largest absolute Gasteiger partial charge is 0.378 e. The van der Waals surface area contributed by atoms with Gasteiger partial charge in [0.05, 0.1) is 23.6 Å². The van der Waals surface area contributed by atoms with Crippen LogP contribution < -0.4 is 5.32 Å². The predicted octanol–water partition coefficient (Wildman–Crippen LogP) is 2.92. The Morgan fingerprint density at radius 1 is 1.22 bits per heavy atom. The number of nitrogens with zero attached hydrogens (tertiary/aromatic N) is 3. The molecule has 2 aromatic rings. The van der Waals surface area contributed by atoms with E-state index in [0.29, 0.717) is 0 Å². The molecule has 0 bridgehead atoms. The van der Waals surface area contributed by atoms with E-state index in [-0.39, 0.29) is 0 Å². The Labute approximate surface area is 108 Å². The highest BCUT2D eigenvalue weighted by Crippen LogP contribution is 2.14. The molecule has 0 spiro atoms. The molecule has 0 amide bonds. The number of nitrogens with one attached hydrogen (secondary N) is 1. The fourth-order valence-corrected chi connectivity index (χ4v) is 1.98. The van der Waals surface area contributed by atoms with Crippen molar-refractivity contribution in [3.8, 4) is 0 Å². The SMILES string of the molecule is CCCn1nccc1CNc1ccc(C)nc1C. The van der Waals surface area contributed by atoms with E-state index in [0.717, 1.165) is 36.6 Å². The zero-order valence-electron chi connectivity index (χ0n) is 11.3. The van der Waals surface area contributed by atoms with Crippen LogP contribution in [0.5, 0.6) is 0 Å². The van der Waals surface area contributed by atoms with Crippen LogP contribution in [0, 0.1) is 13.8 Å². The van der Waals surface area contributed by atoms with Crippen LogP contribution in [0.3, 0.4) is 0 Å². The van der Waals surface area contributed by atoms with Crippen LogP contribution in [0.4, 0.5) is 5.69 Å². The fourth-order valence-electron chi connectivity index (χ4n) is 1.98. The number of anilines is 1. The van der Waals surface area contributed by atoms with Crippen LogP contribution in [0.15, 0.2) is 24.4 Å². The second kappa shape index (κ2) is 5.67. The normalized spacial score (nSPS) is 10.6. The van der Waals surface area contributed by atoms with E-state index in [2.05, 4.69) is 34.5 Å². The van der Waals surface area contributed by atoms with Crippen molar-refractivity contribution in [2.75, 3.05) is 5.32 Å². The summed E-state index contributed by atoms with van der Waals surface area (Å²) in [5, 5.41) is 7.73. The molecule has 0 radical (unpaired) electrons. The highest BCUT2D eigenvalue weighted by molar-refractivity contribution is 5.47. The lowest BCUT2D eigenvalue weighted by Crippen LogP contribution is -2.09. The summed E-state index contributed by atoms with van der Waals surface area (Å²) in [6.45, 7) is 7.94. The molecule has 4 heteroatoms. The van der Waals surface area contributed by atoms with Gasteiger partial charge in [0.2, 0.25) is 0 Å². The van der Waals surface area contributed by atoms with E-state index in [1.54, 1.807) is 0 Å². The van der Waals surface area contributed by atoms with Crippen molar-refractivity contribution in [3.05, 3.63) is 41.5 Å². The summed E-state index contributed by atoms with van der Waals surface area (Å²) >= 11 is 0. The highest BCUT2D eigenvalue weighted by Gasteiger charge is 2.03. The number of hydrogen-bond donors (Lipinski definition) is 1. The van der Waals surface area contributed by atoms with Crippen molar-refractivity contribution >= 4 is 5.69 Å². The summed E-state index contributed by atoms with van der Waals surface area (Å²) in [5.74, 6) is 0. The summed E-state index contributed by atoms with van der Waals surface area (Å²) in [7, 11) is 0. The molecule has 0 saturated carbocycles. The third-order valence-electron chi connectivity index (χ3n) is 2.92. The van der Waals surface area contributed by atoms with Crippen LogP contribution in [0.2, 0.25) is 0 Å². The Morgan fingerprint density at radius 3 is 2.78 bits per heavy atom. The molecule has 0 fully saturated rings. The van der Waals surface area contributed by atoms with Crippen molar-refractivity contribution in [3.63, 3.8) is 0 Å². The van der Waals surface area contributed by atoms with E-state index >= 15 is 0 Å². The van der Waals surface area contributed by atoms with Crippen LogP contribution in [0.25, 0.3) is 0 Å². The first-order chi connectivity index (χ1) is 8.70. The zero-order chi connectivity index (χ0) is 13.0. The molecule has 1 N–H and O–H groups in total. The maximum Gasteiger partial charge on any atom is 0.0607 e. The van der Waals surface area contributed by atoms with Gasteiger partial charge in [0, 0.05) is 18.4 Å². The predicted molar refractivity (Wildman–Crippen MR) is 73.6 cm³/mol. The molecule has 0 saturated heterocycles. The fraction of sp³-hybridized carbons (Fsp3) is 0.429. The van der Waals surface area contributed by atoms with Crippen LogP contribution in [-0.2, 0) is 13.1 Å². The molecular weight excluding hydrogens is 224 g/mol. The van der Waals surface area contributed by atoms with Crippen LogP contribution >= 0.6 is 0 Å². The van der Waals surface area contributed by atoms with Crippen LogP contribution in [0.1, 0.15) is 30.4 Å². The van der Waals surface area contributed by atoms with Crippen molar-refractivity contribution in [1.29, 1.82) is 0 Å². The van der Waals surface area contributed by atoms with E-state index in [1.165, 1.54) is 5.69 Å². The topological polar surface area (TPSA) is 42.7 Å². The van der Waals surface area contributed by atoms with Crippen molar-refractivity contribution in [2.45, 2.75) is 40.3 Å². The molecule has 4 nitrogen and oxygen atoms in total. The van der Waals surface area contributed by atoms with E-state index in [9.17, 15) is 0 Å². The number of aromatic nitrogens is 3. The molecule has 2 rings (SSSR count). The van der Waals surface area contributed by atoms with Crippen molar-refractivity contribution in [1.82, 2.24) is 14.8 Å². The van der Waals surface area contributed by atoms with Crippen molar-refractivity contribution < 1.29 is 0 Å². The molecule has 0 atom stereocenters. The number of pyridine rings is 1. The first-order valence-electron chi connectivity index (χ1n) is 6.39. The van der Waals surface area contributed by atoms with Gasteiger partial charge in [-0.2, -0.15) is 5.10 Å². The first kappa shape index (κ1) is 12.6. The monoisotopic (exact) mass is 244 g/mol. The molecule has 0 aliphatic heterocycles. The second-order valence-corrected chi connectivity index (χ2v) is 4.48. The Kier molecular flexibility index (Phi) is 3.97. The van der Waals surface area contributed by atoms with Gasteiger partial charge in [-0.25, -0.2) is 0 Å². The average molecular weight is 244 g/mol. The van der Waals surface area contributed by atoms with Gasteiger partial charge in [-0.1, -0.05) is 6.92 Å². The summed E-state index contributed by atoms with van der Waals surface area (Å²) in [4.78, 5) is 4.45. The highest BCUT2D eigenvalue weighted by atomic mass is 15.3. The Hall–Kier alpha value is -1.84. The van der Waals surface area contributed by atoms with Gasteiger partial charge in [-0.05, 0) is 38.5 Å². The molecule has 18 heavy (non-hydrogen) atoms. The van der Waals surface area contributed by atoms with Gasteiger partial charge >= 0.3 is 0 Å². The Morgan fingerprint density at radius 2 is 2.06 bits per heavy atom. The second-order valence-electron chi connectivity index (χ2n) is 4.48. The minimum absolute atomic E-state index is 0.783. The standard InChI is InChI=1S/C14H20N4/c1-4-9-18-13(7-8-16-18)10-15-14-6-5-11(2)17-12(14)3/h5-8,15H,4,9-10H2,1-3H3. The third-order valence-corrected chi connectivity index (χ3v) is 2.92. The van der Waals surface area contributed by atoms with Gasteiger partial charge in [-0.3, -0.25) is 9.67 Å².